The minimum absolute atomic E-state index is 0.0952. The van der Waals surface area contributed by atoms with Crippen molar-refractivity contribution in [1.82, 2.24) is 20.0 Å². The van der Waals surface area contributed by atoms with Gasteiger partial charge in [0, 0.05) is 45.3 Å². The Kier molecular flexibility index (Phi) is 5.27. The summed E-state index contributed by atoms with van der Waals surface area (Å²) in [5.74, 6) is 1.62. The highest BCUT2D eigenvalue weighted by atomic mass is 19.1. The number of hydrogen-bond donors (Lipinski definition) is 1. The van der Waals surface area contributed by atoms with E-state index in [0.717, 1.165) is 43.3 Å². The molecule has 4 rings (SSSR count). The molecule has 0 spiro atoms. The molecule has 0 aromatic heterocycles. The largest absolute Gasteiger partial charge is 0.353 e. The predicted molar refractivity (Wildman–Crippen MR) is 107 cm³/mol. The van der Waals surface area contributed by atoms with E-state index in [1.807, 2.05) is 12.4 Å². The van der Waals surface area contributed by atoms with Gasteiger partial charge >= 0.3 is 6.03 Å². The number of urea groups is 1. The second kappa shape index (κ2) is 8.00. The molecular weight excluding hydrogens is 359 g/mol. The van der Waals surface area contributed by atoms with Crippen LogP contribution in [0.3, 0.4) is 0 Å². The molecule has 28 heavy (non-hydrogen) atoms. The Bertz CT molecular complexity index is 810. The van der Waals surface area contributed by atoms with E-state index in [-0.39, 0.29) is 11.8 Å². The van der Waals surface area contributed by atoms with E-state index in [4.69, 9.17) is 4.99 Å². The monoisotopic (exact) mass is 384 g/mol. The average molecular weight is 384 g/mol. The molecule has 1 atom stereocenters. The molecule has 1 saturated heterocycles. The number of aliphatic imine (C=N–C) groups is 2. The Morgan fingerprint density at radius 3 is 2.68 bits per heavy atom. The lowest BCUT2D eigenvalue weighted by atomic mass is 10.2. The Hall–Kier alpha value is -2.90. The molecule has 7 nitrogen and oxygen atoms in total. The minimum atomic E-state index is -0.275. The molecule has 0 radical (unpaired) electrons. The fourth-order valence-corrected chi connectivity index (χ4v) is 3.55. The van der Waals surface area contributed by atoms with E-state index in [0.29, 0.717) is 25.7 Å². The summed E-state index contributed by atoms with van der Waals surface area (Å²) in [6.45, 7) is 6.18. The van der Waals surface area contributed by atoms with Crippen LogP contribution in [0.15, 0.2) is 46.1 Å². The van der Waals surface area contributed by atoms with Crippen LogP contribution in [0.4, 0.5) is 9.18 Å². The third kappa shape index (κ3) is 4.00. The van der Waals surface area contributed by atoms with Gasteiger partial charge < -0.3 is 20.0 Å². The molecule has 3 aliphatic heterocycles. The third-order valence-corrected chi connectivity index (χ3v) is 5.32. The quantitative estimate of drug-likeness (QED) is 0.864. The Morgan fingerprint density at radius 2 is 1.96 bits per heavy atom. The zero-order valence-electron chi connectivity index (χ0n) is 16.0. The first-order valence-corrected chi connectivity index (χ1v) is 9.75. The summed E-state index contributed by atoms with van der Waals surface area (Å²) in [5.41, 5.74) is 0.877. The van der Waals surface area contributed by atoms with Crippen molar-refractivity contribution < 1.29 is 9.18 Å². The molecule has 1 aromatic rings. The number of carbonyl (C=O) groups is 1. The molecule has 2 amide bonds. The van der Waals surface area contributed by atoms with Gasteiger partial charge in [0.25, 0.3) is 0 Å². The summed E-state index contributed by atoms with van der Waals surface area (Å²) < 4.78 is 13.0. The lowest BCUT2D eigenvalue weighted by Gasteiger charge is -2.36. The number of amidine groups is 1. The zero-order chi connectivity index (χ0) is 19.5. The average Bonchev–Trinajstić information content (AvgIpc) is 3.16. The van der Waals surface area contributed by atoms with Crippen molar-refractivity contribution in [2.24, 2.45) is 9.98 Å². The van der Waals surface area contributed by atoms with Crippen LogP contribution in [0, 0.1) is 5.82 Å². The maximum absolute atomic E-state index is 13.0. The highest BCUT2D eigenvalue weighted by molar-refractivity contribution is 6.03. The van der Waals surface area contributed by atoms with Gasteiger partial charge in [0.1, 0.15) is 17.5 Å². The number of amides is 2. The number of rotatable bonds is 4. The van der Waals surface area contributed by atoms with Gasteiger partial charge in [-0.3, -0.25) is 4.99 Å². The molecule has 0 saturated carbocycles. The summed E-state index contributed by atoms with van der Waals surface area (Å²) in [6.07, 6.45) is 4.94. The Balaban J connectivity index is 1.28. The number of benzene rings is 1. The Labute approximate surface area is 164 Å². The number of hydrogen-bond acceptors (Lipinski definition) is 5. The van der Waals surface area contributed by atoms with Gasteiger partial charge in [-0.15, -0.1) is 0 Å². The van der Waals surface area contributed by atoms with Crippen molar-refractivity contribution in [3.05, 3.63) is 47.5 Å². The Morgan fingerprint density at radius 1 is 1.21 bits per heavy atom. The second-order valence-corrected chi connectivity index (χ2v) is 7.21. The van der Waals surface area contributed by atoms with E-state index in [1.165, 1.54) is 12.1 Å². The van der Waals surface area contributed by atoms with Crippen LogP contribution < -0.4 is 5.32 Å². The standard InChI is InChI=1S/C20H25FN6O/c1-2-17-13-27-14-23-18(11-19(27)24-17)25-7-9-26(10-8-25)20(28)22-12-15-3-5-16(21)6-4-15/h3-6,11,14,17H,2,7-10,12-13H2,1H3,(H,22,28)/t17-/m1/s1. The number of fused-ring (bicyclic) bond motifs is 1. The first-order chi connectivity index (χ1) is 13.6. The molecule has 0 unspecified atom stereocenters. The number of nitrogens with one attached hydrogen (secondary N) is 1. The van der Waals surface area contributed by atoms with Crippen LogP contribution in [0.2, 0.25) is 0 Å². The van der Waals surface area contributed by atoms with Crippen molar-refractivity contribution in [3.8, 4) is 0 Å². The van der Waals surface area contributed by atoms with Crippen LogP contribution in [0.1, 0.15) is 18.9 Å². The zero-order valence-corrected chi connectivity index (χ0v) is 16.0. The summed E-state index contributed by atoms with van der Waals surface area (Å²) in [6, 6.07) is 6.41. The third-order valence-electron chi connectivity index (χ3n) is 5.32. The van der Waals surface area contributed by atoms with Gasteiger partial charge in [-0.1, -0.05) is 19.1 Å². The van der Waals surface area contributed by atoms with E-state index < -0.39 is 0 Å². The van der Waals surface area contributed by atoms with Gasteiger partial charge in [0.05, 0.1) is 12.4 Å². The van der Waals surface area contributed by atoms with Crippen LogP contribution in [-0.4, -0.2) is 71.7 Å². The molecule has 8 heteroatoms. The van der Waals surface area contributed by atoms with Gasteiger partial charge in [-0.25, -0.2) is 14.2 Å². The van der Waals surface area contributed by atoms with Crippen LogP contribution in [0.5, 0.6) is 0 Å². The van der Waals surface area contributed by atoms with E-state index in [2.05, 4.69) is 27.0 Å². The number of carbonyl (C=O) groups excluding carboxylic acids is 1. The van der Waals surface area contributed by atoms with Gasteiger partial charge in [-0.2, -0.15) is 0 Å². The van der Waals surface area contributed by atoms with Crippen molar-refractivity contribution in [2.45, 2.75) is 25.9 Å². The van der Waals surface area contributed by atoms with Crippen LogP contribution in [-0.2, 0) is 6.54 Å². The van der Waals surface area contributed by atoms with E-state index >= 15 is 0 Å². The number of nitrogens with zero attached hydrogens (tertiary/aromatic N) is 5. The normalized spacial score (nSPS) is 21.4. The summed E-state index contributed by atoms with van der Waals surface area (Å²) in [7, 11) is 0. The van der Waals surface area contributed by atoms with Gasteiger partial charge in [0.15, 0.2) is 0 Å². The van der Waals surface area contributed by atoms with Crippen molar-refractivity contribution in [1.29, 1.82) is 0 Å². The number of piperazine rings is 1. The lowest BCUT2D eigenvalue weighted by Crippen LogP contribution is -2.51. The van der Waals surface area contributed by atoms with Crippen molar-refractivity contribution in [3.63, 3.8) is 0 Å². The fraction of sp³-hybridized carbons (Fsp3) is 0.450. The molecule has 1 fully saturated rings. The molecular formula is C20H25FN6O. The van der Waals surface area contributed by atoms with Gasteiger partial charge in [0.2, 0.25) is 0 Å². The second-order valence-electron chi connectivity index (χ2n) is 7.21. The maximum atomic E-state index is 13.0. The van der Waals surface area contributed by atoms with E-state index in [1.54, 1.807) is 17.0 Å². The van der Waals surface area contributed by atoms with Crippen molar-refractivity contribution in [2.75, 3.05) is 32.7 Å². The van der Waals surface area contributed by atoms with Crippen LogP contribution >= 0.6 is 0 Å². The van der Waals surface area contributed by atoms with Crippen molar-refractivity contribution >= 4 is 18.2 Å². The minimum Gasteiger partial charge on any atom is -0.353 e. The highest BCUT2D eigenvalue weighted by Crippen LogP contribution is 2.19. The molecule has 3 heterocycles. The van der Waals surface area contributed by atoms with Gasteiger partial charge in [-0.05, 0) is 24.1 Å². The predicted octanol–water partition coefficient (Wildman–Crippen LogP) is 2.03. The first kappa shape index (κ1) is 18.5. The maximum Gasteiger partial charge on any atom is 0.317 e. The SMILES string of the molecule is CC[C@@H]1CN2C=NC(N3CCN(C(=O)NCc4ccc(F)cc4)CC3)=CC2=N1. The molecule has 148 valence electrons. The summed E-state index contributed by atoms with van der Waals surface area (Å²) in [5, 5.41) is 2.90. The topological polar surface area (TPSA) is 63.5 Å². The lowest BCUT2D eigenvalue weighted by molar-refractivity contribution is 0.156. The summed E-state index contributed by atoms with van der Waals surface area (Å²) >= 11 is 0. The first-order valence-electron chi connectivity index (χ1n) is 9.75. The fourth-order valence-electron chi connectivity index (χ4n) is 3.55. The number of halogens is 1. The molecule has 3 aliphatic rings. The van der Waals surface area contributed by atoms with E-state index in [9.17, 15) is 9.18 Å². The molecule has 1 N–H and O–H groups in total. The molecule has 1 aromatic carbocycles. The molecule has 0 bridgehead atoms. The van der Waals surface area contributed by atoms with Crippen LogP contribution in [0.25, 0.3) is 0 Å². The molecule has 0 aliphatic carbocycles. The summed E-state index contributed by atoms with van der Waals surface area (Å²) in [4.78, 5) is 27.8. The smallest absolute Gasteiger partial charge is 0.317 e. The highest BCUT2D eigenvalue weighted by Gasteiger charge is 2.27.